The van der Waals surface area contributed by atoms with Crippen molar-refractivity contribution in [3.63, 3.8) is 0 Å². The van der Waals surface area contributed by atoms with Gasteiger partial charge in [0.2, 0.25) is 0 Å². The molecule has 1 aliphatic heterocycles. The van der Waals surface area contributed by atoms with E-state index >= 15 is 0 Å². The van der Waals surface area contributed by atoms with Gasteiger partial charge in [-0.25, -0.2) is 0 Å². The maximum absolute atomic E-state index is 9.71. The third kappa shape index (κ3) is 6.11. The Morgan fingerprint density at radius 3 is 2.68 bits per heavy atom. The molecule has 6 nitrogen and oxygen atoms in total. The van der Waals surface area contributed by atoms with E-state index < -0.39 is 10.1 Å². The van der Waals surface area contributed by atoms with Gasteiger partial charge in [-0.2, -0.15) is 8.42 Å². The van der Waals surface area contributed by atoms with Gasteiger partial charge in [-0.15, -0.1) is 0 Å². The molecule has 1 aliphatic rings. The summed E-state index contributed by atoms with van der Waals surface area (Å²) in [7, 11) is -1.61. The topological polar surface area (TPSA) is 96.5 Å². The lowest BCUT2D eigenvalue weighted by atomic mass is 10.1. The number of hydrogen-bond acceptors (Lipinski definition) is 5. The highest BCUT2D eigenvalue weighted by molar-refractivity contribution is 7.85. The predicted octanol–water partition coefficient (Wildman–Crippen LogP) is 0.681. The van der Waals surface area contributed by atoms with Crippen molar-refractivity contribution in [3.05, 3.63) is 30.1 Å². The van der Waals surface area contributed by atoms with Crippen LogP contribution < -0.4 is 5.73 Å². The van der Waals surface area contributed by atoms with Crippen LogP contribution in [0.1, 0.15) is 24.4 Å². The molecule has 0 unspecified atom stereocenters. The second-order valence-corrected chi connectivity index (χ2v) is 6.07. The van der Waals surface area contributed by atoms with E-state index in [1.807, 2.05) is 18.5 Å². The molecule has 1 aromatic rings. The first kappa shape index (κ1) is 16.0. The van der Waals surface area contributed by atoms with Gasteiger partial charge < -0.3 is 5.73 Å². The van der Waals surface area contributed by atoms with Gasteiger partial charge in [0, 0.05) is 25.0 Å². The molecule has 0 amide bonds. The largest absolute Gasteiger partial charge is 0.329 e. The van der Waals surface area contributed by atoms with Crippen molar-refractivity contribution >= 4 is 10.1 Å². The second kappa shape index (κ2) is 7.54. The van der Waals surface area contributed by atoms with Crippen molar-refractivity contribution in [1.82, 2.24) is 9.88 Å². The highest BCUT2D eigenvalue weighted by atomic mass is 32.2. The molecule has 3 N–H and O–H groups in total. The average Bonchev–Trinajstić information content (AvgIpc) is 2.76. The van der Waals surface area contributed by atoms with Crippen LogP contribution in [0, 0.1) is 0 Å². The zero-order valence-electron chi connectivity index (χ0n) is 11.1. The molecule has 2 heterocycles. The number of nitrogens with zero attached hydrogens (tertiary/aromatic N) is 2. The van der Waals surface area contributed by atoms with Crippen molar-refractivity contribution in [1.29, 1.82) is 0 Å². The van der Waals surface area contributed by atoms with Crippen LogP contribution in [0.4, 0.5) is 0 Å². The summed E-state index contributed by atoms with van der Waals surface area (Å²) in [5, 5.41) is 0. The van der Waals surface area contributed by atoms with Crippen LogP contribution in [0.15, 0.2) is 24.5 Å². The van der Waals surface area contributed by atoms with Gasteiger partial charge in [-0.3, -0.25) is 14.4 Å². The van der Waals surface area contributed by atoms with E-state index in [9.17, 15) is 8.42 Å². The molecular formula is C12H21N3O3S. The van der Waals surface area contributed by atoms with E-state index in [0.717, 1.165) is 0 Å². The van der Waals surface area contributed by atoms with Crippen LogP contribution in [0.2, 0.25) is 0 Å². The van der Waals surface area contributed by atoms with E-state index in [4.69, 9.17) is 10.3 Å². The summed E-state index contributed by atoms with van der Waals surface area (Å²) in [6.45, 7) is 1.19. The number of aromatic nitrogens is 1. The summed E-state index contributed by atoms with van der Waals surface area (Å²) in [5.74, 6) is -0.354. The summed E-state index contributed by atoms with van der Waals surface area (Å²) >= 11 is 0. The Balaban J connectivity index is 0.000000224. The predicted molar refractivity (Wildman–Crippen MR) is 74.3 cm³/mol. The number of rotatable bonds is 3. The molecule has 1 fully saturated rings. The second-order valence-electron chi connectivity index (χ2n) is 4.50. The summed E-state index contributed by atoms with van der Waals surface area (Å²) < 4.78 is 27.3. The molecule has 108 valence electrons. The van der Waals surface area contributed by atoms with Gasteiger partial charge in [-0.1, -0.05) is 6.07 Å². The maximum atomic E-state index is 9.71. The fraction of sp³-hybridized carbons (Fsp3) is 0.583. The Morgan fingerprint density at radius 2 is 2.32 bits per heavy atom. The maximum Gasteiger partial charge on any atom is 0.266 e. The SMILES string of the molecule is CN1CCC[C@H]1c1cccnc1.NCCS(=O)(=O)O. The van der Waals surface area contributed by atoms with Crippen molar-refractivity contribution in [2.24, 2.45) is 5.73 Å². The van der Waals surface area contributed by atoms with E-state index in [2.05, 4.69) is 23.0 Å². The average molecular weight is 287 g/mol. The van der Waals surface area contributed by atoms with Crippen LogP contribution in [-0.4, -0.2) is 48.7 Å². The molecule has 7 heteroatoms. The van der Waals surface area contributed by atoms with E-state index in [-0.39, 0.29) is 12.3 Å². The lowest BCUT2D eigenvalue weighted by molar-refractivity contribution is 0.317. The van der Waals surface area contributed by atoms with Gasteiger partial charge >= 0.3 is 0 Å². The van der Waals surface area contributed by atoms with Gasteiger partial charge in [0.05, 0.1) is 5.75 Å². The minimum Gasteiger partial charge on any atom is -0.329 e. The first-order valence-electron chi connectivity index (χ1n) is 6.19. The molecule has 1 atom stereocenters. The Morgan fingerprint density at radius 1 is 1.58 bits per heavy atom. The Labute approximate surface area is 114 Å². The number of likely N-dealkylation sites (tertiary alicyclic amines) is 1. The first-order chi connectivity index (χ1) is 8.94. The van der Waals surface area contributed by atoms with Gasteiger partial charge in [0.25, 0.3) is 10.1 Å². The summed E-state index contributed by atoms with van der Waals surface area (Å²) in [6, 6.07) is 4.79. The number of hydrogen-bond donors (Lipinski definition) is 2. The summed E-state index contributed by atoms with van der Waals surface area (Å²) in [4.78, 5) is 6.54. The zero-order chi connectivity index (χ0) is 14.3. The summed E-state index contributed by atoms with van der Waals surface area (Å²) in [5.41, 5.74) is 6.13. The highest BCUT2D eigenvalue weighted by Crippen LogP contribution is 2.29. The van der Waals surface area contributed by atoms with Crippen LogP contribution in [0.3, 0.4) is 0 Å². The van der Waals surface area contributed by atoms with Gasteiger partial charge in [0.1, 0.15) is 0 Å². The quantitative estimate of drug-likeness (QED) is 0.794. The zero-order valence-corrected chi connectivity index (χ0v) is 11.9. The van der Waals surface area contributed by atoms with Crippen LogP contribution in [0.25, 0.3) is 0 Å². The monoisotopic (exact) mass is 287 g/mol. The van der Waals surface area contributed by atoms with Crippen LogP contribution in [-0.2, 0) is 10.1 Å². The molecule has 0 bridgehead atoms. The van der Waals surface area contributed by atoms with Crippen molar-refractivity contribution in [3.8, 4) is 0 Å². The molecule has 0 aliphatic carbocycles. The van der Waals surface area contributed by atoms with E-state index in [0.29, 0.717) is 6.04 Å². The minimum atomic E-state index is -3.80. The third-order valence-electron chi connectivity index (χ3n) is 2.97. The lowest BCUT2D eigenvalue weighted by Gasteiger charge is -2.18. The molecule has 2 rings (SSSR count). The fourth-order valence-electron chi connectivity index (χ4n) is 2.05. The minimum absolute atomic E-state index is 0.0289. The standard InChI is InChI=1S/C10H14N2.C2H7NO3S/c1-12-7-3-5-10(12)9-4-2-6-11-8-9;3-1-2-7(4,5)6/h2,4,6,8,10H,3,5,7H2,1H3;1-3H2,(H,4,5,6)/t10-;/m0./s1. The Bertz CT molecular complexity index is 464. The van der Waals surface area contributed by atoms with Gasteiger partial charge in [-0.05, 0) is 38.1 Å². The fourth-order valence-corrected chi connectivity index (χ4v) is 2.35. The molecular weight excluding hydrogens is 266 g/mol. The molecule has 1 aromatic heterocycles. The lowest BCUT2D eigenvalue weighted by Crippen LogP contribution is -2.17. The molecule has 1 saturated heterocycles. The summed E-state index contributed by atoms with van der Waals surface area (Å²) in [6.07, 6.45) is 6.41. The van der Waals surface area contributed by atoms with Crippen LogP contribution in [0.5, 0.6) is 0 Å². The van der Waals surface area contributed by atoms with Crippen molar-refractivity contribution in [2.75, 3.05) is 25.9 Å². The molecule has 19 heavy (non-hydrogen) atoms. The normalized spacial score (nSPS) is 19.8. The third-order valence-corrected chi connectivity index (χ3v) is 3.72. The van der Waals surface area contributed by atoms with Crippen molar-refractivity contribution in [2.45, 2.75) is 18.9 Å². The van der Waals surface area contributed by atoms with Gasteiger partial charge in [0.15, 0.2) is 0 Å². The Hall–Kier alpha value is -1.02. The molecule has 0 radical (unpaired) electrons. The van der Waals surface area contributed by atoms with Crippen LogP contribution >= 0.6 is 0 Å². The molecule has 0 saturated carbocycles. The smallest absolute Gasteiger partial charge is 0.266 e. The number of pyridine rings is 1. The molecule has 0 spiro atoms. The van der Waals surface area contributed by atoms with E-state index in [1.54, 1.807) is 0 Å². The van der Waals surface area contributed by atoms with Crippen molar-refractivity contribution < 1.29 is 13.0 Å². The Kier molecular flexibility index (Phi) is 6.36. The highest BCUT2D eigenvalue weighted by Gasteiger charge is 2.21. The first-order valence-corrected chi connectivity index (χ1v) is 7.80. The molecule has 0 aromatic carbocycles. The number of nitrogens with two attached hydrogens (primary N) is 1. The van der Waals surface area contributed by atoms with E-state index in [1.165, 1.54) is 24.9 Å².